The first-order valence-corrected chi connectivity index (χ1v) is 11.8. The molecule has 0 saturated heterocycles. The van der Waals surface area contributed by atoms with Gasteiger partial charge in [0, 0.05) is 0 Å². The van der Waals surface area contributed by atoms with E-state index in [2.05, 4.69) is 6.92 Å². The predicted molar refractivity (Wildman–Crippen MR) is 90.9 cm³/mol. The van der Waals surface area contributed by atoms with Crippen molar-refractivity contribution in [2.45, 2.75) is 81.1 Å². The smallest absolute Gasteiger partial charge is 0.270 e. The van der Waals surface area contributed by atoms with Crippen molar-refractivity contribution in [3.8, 4) is 0 Å². The van der Waals surface area contributed by atoms with Crippen LogP contribution >= 0.6 is 0 Å². The Morgan fingerprint density at radius 3 is 2.29 bits per heavy atom. The fourth-order valence-corrected chi connectivity index (χ4v) is 8.23. The van der Waals surface area contributed by atoms with Crippen molar-refractivity contribution in [1.29, 1.82) is 0 Å². The molecule has 0 aromatic carbocycles. The first-order valence-electron chi connectivity index (χ1n) is 8.89. The summed E-state index contributed by atoms with van der Waals surface area (Å²) in [5.41, 5.74) is -0.303. The third kappa shape index (κ3) is 3.27. The molecule has 2 N–H and O–H groups in total. The fourth-order valence-electron chi connectivity index (χ4n) is 5.93. The lowest BCUT2D eigenvalue weighted by Gasteiger charge is -2.54. The number of hydrogen-bond acceptors (Lipinski definition) is 4. The number of hydrogen-bond donors (Lipinski definition) is 2. The first kappa shape index (κ1) is 18.6. The van der Waals surface area contributed by atoms with Gasteiger partial charge in [0.25, 0.3) is 20.2 Å². The topological polar surface area (TPSA) is 109 Å². The van der Waals surface area contributed by atoms with Gasteiger partial charge in [0.1, 0.15) is 0 Å². The molecule has 3 saturated carbocycles. The van der Waals surface area contributed by atoms with Crippen molar-refractivity contribution in [1.82, 2.24) is 0 Å². The van der Waals surface area contributed by atoms with Crippen LogP contribution in [0.3, 0.4) is 0 Å². The van der Waals surface area contributed by atoms with Crippen LogP contribution < -0.4 is 0 Å². The van der Waals surface area contributed by atoms with Crippen LogP contribution in [-0.2, 0) is 20.2 Å². The Kier molecular flexibility index (Phi) is 4.59. The molecule has 2 bridgehead atoms. The Bertz CT molecular complexity index is 700. The molecule has 3 aliphatic carbocycles. The lowest BCUT2D eigenvalue weighted by atomic mass is 9.55. The molecule has 0 spiro atoms. The summed E-state index contributed by atoms with van der Waals surface area (Å²) in [6.07, 6.45) is 6.54. The van der Waals surface area contributed by atoms with E-state index in [0.717, 1.165) is 32.1 Å². The van der Waals surface area contributed by atoms with Crippen LogP contribution in [0.1, 0.15) is 71.1 Å². The van der Waals surface area contributed by atoms with Gasteiger partial charge in [-0.25, -0.2) is 0 Å². The summed E-state index contributed by atoms with van der Waals surface area (Å²) < 4.78 is 65.6. The third-order valence-corrected chi connectivity index (χ3v) is 9.85. The summed E-state index contributed by atoms with van der Waals surface area (Å²) in [5.74, 6) is 0.339. The van der Waals surface area contributed by atoms with Gasteiger partial charge < -0.3 is 0 Å². The molecule has 3 aliphatic rings. The highest BCUT2D eigenvalue weighted by Gasteiger charge is 2.57. The van der Waals surface area contributed by atoms with E-state index in [-0.39, 0.29) is 17.3 Å². The molecule has 6 nitrogen and oxygen atoms in total. The van der Waals surface area contributed by atoms with Crippen LogP contribution in [0.15, 0.2) is 0 Å². The van der Waals surface area contributed by atoms with Crippen molar-refractivity contribution in [3.05, 3.63) is 0 Å². The molecule has 0 radical (unpaired) electrons. The Morgan fingerprint density at radius 2 is 1.67 bits per heavy atom. The van der Waals surface area contributed by atoms with Crippen LogP contribution in [0.25, 0.3) is 0 Å². The minimum atomic E-state index is -4.14. The van der Waals surface area contributed by atoms with E-state index in [1.54, 1.807) is 0 Å². The van der Waals surface area contributed by atoms with Gasteiger partial charge >= 0.3 is 0 Å². The number of rotatable bonds is 3. The highest BCUT2D eigenvalue weighted by atomic mass is 32.2. The second-order valence-electron chi connectivity index (χ2n) is 8.66. The average molecular weight is 381 g/mol. The van der Waals surface area contributed by atoms with Crippen LogP contribution in [0.4, 0.5) is 0 Å². The van der Waals surface area contributed by atoms with Crippen LogP contribution in [0.2, 0.25) is 0 Å². The lowest BCUT2D eigenvalue weighted by molar-refractivity contribution is 0.0145. The summed E-state index contributed by atoms with van der Waals surface area (Å²) in [5, 5.41) is -0.739. The molecule has 5 unspecified atom stereocenters. The van der Waals surface area contributed by atoms with Crippen molar-refractivity contribution in [3.63, 3.8) is 0 Å². The third-order valence-electron chi connectivity index (χ3n) is 6.97. The van der Waals surface area contributed by atoms with Crippen molar-refractivity contribution >= 4 is 20.2 Å². The highest BCUT2D eigenvalue weighted by Crippen LogP contribution is 2.58. The van der Waals surface area contributed by atoms with Gasteiger partial charge in [-0.15, -0.1) is 0 Å². The summed E-state index contributed by atoms with van der Waals surface area (Å²) in [6.45, 7) is 2.06. The molecule has 8 heteroatoms. The zero-order chi connectivity index (χ0) is 17.8. The average Bonchev–Trinajstić information content (AvgIpc) is 2.45. The van der Waals surface area contributed by atoms with E-state index >= 15 is 0 Å². The van der Waals surface area contributed by atoms with E-state index in [1.807, 2.05) is 0 Å². The fraction of sp³-hybridized carbons (Fsp3) is 1.00. The molecular formula is C16H28O6S2. The summed E-state index contributed by atoms with van der Waals surface area (Å²) >= 11 is 0. The molecule has 24 heavy (non-hydrogen) atoms. The van der Waals surface area contributed by atoms with E-state index in [9.17, 15) is 25.9 Å². The number of fused-ring (bicyclic) bond motifs is 2. The normalized spacial score (nSPS) is 44.2. The molecule has 0 heterocycles. The van der Waals surface area contributed by atoms with Gasteiger partial charge in [0.05, 0.1) is 10.00 Å². The second kappa shape index (κ2) is 5.93. The molecule has 0 aliphatic heterocycles. The van der Waals surface area contributed by atoms with Crippen LogP contribution in [0, 0.1) is 17.3 Å². The van der Waals surface area contributed by atoms with Crippen LogP contribution in [0.5, 0.6) is 0 Å². The Balaban J connectivity index is 1.89. The first-order chi connectivity index (χ1) is 11.0. The van der Waals surface area contributed by atoms with E-state index in [4.69, 9.17) is 0 Å². The molecule has 3 rings (SSSR count). The zero-order valence-corrected chi connectivity index (χ0v) is 15.8. The van der Waals surface area contributed by atoms with Gasteiger partial charge in [-0.05, 0) is 62.2 Å². The van der Waals surface area contributed by atoms with E-state index < -0.39 is 30.2 Å². The van der Waals surface area contributed by atoms with Gasteiger partial charge in [-0.1, -0.05) is 26.2 Å². The van der Waals surface area contributed by atoms with Gasteiger partial charge in [-0.2, -0.15) is 16.8 Å². The molecule has 0 aromatic rings. The maximum atomic E-state index is 12.1. The Hall–Kier alpha value is -0.180. The molecule has 5 atom stereocenters. The Morgan fingerprint density at radius 1 is 0.958 bits per heavy atom. The maximum absolute atomic E-state index is 12.1. The largest absolute Gasteiger partial charge is 0.285 e. The molecule has 0 amide bonds. The highest BCUT2D eigenvalue weighted by molar-refractivity contribution is 7.87. The zero-order valence-electron chi connectivity index (χ0n) is 14.1. The van der Waals surface area contributed by atoms with Gasteiger partial charge in [-0.3, -0.25) is 9.11 Å². The minimum Gasteiger partial charge on any atom is -0.285 e. The molecule has 140 valence electrons. The van der Waals surface area contributed by atoms with E-state index in [0.29, 0.717) is 32.1 Å². The summed E-state index contributed by atoms with van der Waals surface area (Å²) in [7, 11) is -8.19. The van der Waals surface area contributed by atoms with Gasteiger partial charge in [0.15, 0.2) is 0 Å². The SMILES string of the molecule is CC1(C2CCCC(S(=O)(=O)O)C2)CC2CCCC(S(=O)(=O)O)(C2)C1. The quantitative estimate of drug-likeness (QED) is 0.728. The van der Waals surface area contributed by atoms with Gasteiger partial charge in [0.2, 0.25) is 0 Å². The van der Waals surface area contributed by atoms with Crippen molar-refractivity contribution < 1.29 is 25.9 Å². The van der Waals surface area contributed by atoms with Crippen molar-refractivity contribution in [2.24, 2.45) is 17.3 Å². The second-order valence-corrected chi connectivity index (χ2v) is 12.2. The summed E-state index contributed by atoms with van der Waals surface area (Å²) in [4.78, 5) is 0. The van der Waals surface area contributed by atoms with Crippen molar-refractivity contribution in [2.75, 3.05) is 0 Å². The molecule has 3 fully saturated rings. The van der Waals surface area contributed by atoms with E-state index in [1.165, 1.54) is 0 Å². The maximum Gasteiger partial charge on any atom is 0.270 e. The predicted octanol–water partition coefficient (Wildman–Crippen LogP) is 3.05. The standard InChI is InChI=1S/C16H28O6S2/c1-15(13-5-2-6-14(8-13)23(17,18)19)9-12-4-3-7-16(10-12,11-15)24(20,21)22/h12-14H,2-11H2,1H3,(H,17,18,19)(H,20,21,22). The Labute approximate surface area is 144 Å². The summed E-state index contributed by atoms with van der Waals surface area (Å²) in [6, 6.07) is 0. The van der Waals surface area contributed by atoms with Crippen LogP contribution in [-0.4, -0.2) is 35.9 Å². The monoisotopic (exact) mass is 380 g/mol. The minimum absolute atomic E-state index is 0.0696. The lowest BCUT2D eigenvalue weighted by Crippen LogP contribution is -2.53. The molecular weight excluding hydrogens is 352 g/mol. The molecule has 0 aromatic heterocycles.